The average Bonchev–Trinajstić information content (AvgIpc) is 3.12. The number of anilines is 1. The first-order valence-electron chi connectivity index (χ1n) is 9.70. The molecular formula is C23H18N2O5. The summed E-state index contributed by atoms with van der Waals surface area (Å²) in [5, 5.41) is 9.24. The fourth-order valence-electron chi connectivity index (χ4n) is 4.91. The first-order chi connectivity index (χ1) is 14.5. The van der Waals surface area contributed by atoms with E-state index in [0.29, 0.717) is 11.3 Å². The summed E-state index contributed by atoms with van der Waals surface area (Å²) < 4.78 is 0. The summed E-state index contributed by atoms with van der Waals surface area (Å²) >= 11 is 0. The lowest BCUT2D eigenvalue weighted by atomic mass is 9.90. The summed E-state index contributed by atoms with van der Waals surface area (Å²) in [5.41, 5.74) is 1.38. The van der Waals surface area contributed by atoms with Crippen LogP contribution in [-0.4, -0.2) is 45.7 Å². The van der Waals surface area contributed by atoms with Crippen LogP contribution in [0.5, 0.6) is 0 Å². The quantitative estimate of drug-likeness (QED) is 0.785. The second kappa shape index (κ2) is 6.74. The second-order valence-electron chi connectivity index (χ2n) is 7.77. The number of hydrogen-bond donors (Lipinski definition) is 1. The Kier molecular flexibility index (Phi) is 4.15. The minimum Gasteiger partial charge on any atom is -0.478 e. The molecule has 2 aromatic rings. The molecule has 7 nitrogen and oxygen atoms in total. The molecule has 4 atom stereocenters. The topological polar surface area (TPSA) is 95.0 Å². The van der Waals surface area contributed by atoms with Crippen molar-refractivity contribution >= 4 is 29.3 Å². The first-order valence-corrected chi connectivity index (χ1v) is 9.70. The molecule has 3 heterocycles. The summed E-state index contributed by atoms with van der Waals surface area (Å²) in [5.74, 6) is -3.27. The maximum Gasteiger partial charge on any atom is 0.335 e. The highest BCUT2D eigenvalue weighted by Crippen LogP contribution is 2.47. The number of nitrogens with zero attached hydrogens (tertiary/aromatic N) is 2. The van der Waals surface area contributed by atoms with Gasteiger partial charge >= 0.3 is 5.97 Å². The molecule has 2 amide bonds. The van der Waals surface area contributed by atoms with E-state index >= 15 is 0 Å². The molecule has 30 heavy (non-hydrogen) atoms. The van der Waals surface area contributed by atoms with E-state index in [2.05, 4.69) is 0 Å². The molecular weight excluding hydrogens is 384 g/mol. The number of aromatic carboxylic acids is 1. The summed E-state index contributed by atoms with van der Waals surface area (Å²) in [6, 6.07) is 14.1. The van der Waals surface area contributed by atoms with Gasteiger partial charge in [0.15, 0.2) is 5.78 Å². The number of carbonyl (C=O) groups is 4. The molecule has 3 aliphatic heterocycles. The van der Waals surface area contributed by atoms with Crippen molar-refractivity contribution in [3.05, 3.63) is 77.9 Å². The van der Waals surface area contributed by atoms with E-state index in [1.807, 2.05) is 11.0 Å². The fraction of sp³-hybridized carbons (Fsp3) is 0.217. The van der Waals surface area contributed by atoms with Gasteiger partial charge in [-0.15, -0.1) is 0 Å². The number of rotatable bonds is 4. The van der Waals surface area contributed by atoms with Crippen LogP contribution in [0, 0.1) is 11.8 Å². The number of ketones is 1. The number of fused-ring (bicyclic) bond motifs is 5. The third-order valence-corrected chi connectivity index (χ3v) is 6.15. The van der Waals surface area contributed by atoms with Gasteiger partial charge in [0.05, 0.1) is 29.1 Å². The largest absolute Gasteiger partial charge is 0.478 e. The molecule has 2 aromatic carbocycles. The van der Waals surface area contributed by atoms with Gasteiger partial charge in [-0.05, 0) is 35.9 Å². The van der Waals surface area contributed by atoms with Gasteiger partial charge < -0.3 is 5.11 Å². The molecule has 7 heteroatoms. The molecule has 2 saturated heterocycles. The standard InChI is InChI=1S/C23H18N2O5/c26-17-10-9-16-18-19(22(28)25(21(18)27)15-7-2-1-3-8-15)20(17)24(16)12-13-5-4-6-14(11-13)23(29)30/h1-11,16,18-20H,12H2,(H,29,30). The highest BCUT2D eigenvalue weighted by Gasteiger charge is 2.64. The van der Waals surface area contributed by atoms with Crippen LogP contribution in [-0.2, 0) is 20.9 Å². The van der Waals surface area contributed by atoms with Gasteiger partial charge in [0.25, 0.3) is 0 Å². The number of carboxylic acids is 1. The van der Waals surface area contributed by atoms with Crippen molar-refractivity contribution in [3.63, 3.8) is 0 Å². The Morgan fingerprint density at radius 1 is 0.933 bits per heavy atom. The molecule has 5 rings (SSSR count). The van der Waals surface area contributed by atoms with E-state index < -0.39 is 29.9 Å². The Bertz CT molecular complexity index is 1110. The Morgan fingerprint density at radius 3 is 2.40 bits per heavy atom. The van der Waals surface area contributed by atoms with Gasteiger partial charge in [-0.1, -0.05) is 36.4 Å². The lowest BCUT2D eigenvalue weighted by Gasteiger charge is -2.33. The van der Waals surface area contributed by atoms with Gasteiger partial charge in [-0.25, -0.2) is 9.69 Å². The summed E-state index contributed by atoms with van der Waals surface area (Å²) in [6.45, 7) is 0.283. The van der Waals surface area contributed by atoms with E-state index in [1.54, 1.807) is 48.5 Å². The molecule has 3 aliphatic rings. The van der Waals surface area contributed by atoms with Crippen LogP contribution in [0.25, 0.3) is 0 Å². The summed E-state index contributed by atoms with van der Waals surface area (Å²) in [7, 11) is 0. The van der Waals surface area contributed by atoms with Crippen molar-refractivity contribution in [2.75, 3.05) is 4.90 Å². The summed E-state index contributed by atoms with van der Waals surface area (Å²) in [4.78, 5) is 53.6. The minimum atomic E-state index is -1.03. The lowest BCUT2D eigenvalue weighted by Crippen LogP contribution is -2.48. The lowest BCUT2D eigenvalue weighted by molar-refractivity contribution is -0.129. The van der Waals surface area contributed by atoms with Gasteiger partial charge in [0.2, 0.25) is 11.8 Å². The van der Waals surface area contributed by atoms with Gasteiger partial charge in [-0.3, -0.25) is 19.3 Å². The maximum atomic E-state index is 13.2. The molecule has 0 spiro atoms. The van der Waals surface area contributed by atoms with Gasteiger partial charge in [0.1, 0.15) is 0 Å². The molecule has 2 bridgehead atoms. The van der Waals surface area contributed by atoms with E-state index in [1.165, 1.54) is 17.0 Å². The number of amides is 2. The SMILES string of the molecule is O=C(O)c1cccc(CN2C3C=CC(=O)C2C2C(=O)N(c4ccccc4)C(=O)C23)c1. The van der Waals surface area contributed by atoms with E-state index in [9.17, 15) is 24.3 Å². The van der Waals surface area contributed by atoms with Gasteiger partial charge in [0, 0.05) is 12.6 Å². The first kappa shape index (κ1) is 18.4. The maximum absolute atomic E-state index is 13.2. The summed E-state index contributed by atoms with van der Waals surface area (Å²) in [6.07, 6.45) is 3.16. The van der Waals surface area contributed by atoms with Crippen molar-refractivity contribution < 1.29 is 24.3 Å². The number of benzene rings is 2. The average molecular weight is 402 g/mol. The molecule has 4 unspecified atom stereocenters. The van der Waals surface area contributed by atoms with Crippen molar-refractivity contribution in [1.29, 1.82) is 0 Å². The number of imide groups is 1. The number of carboxylic acid groups (broad SMARTS) is 1. The van der Waals surface area contributed by atoms with Crippen molar-refractivity contribution in [2.24, 2.45) is 11.8 Å². The van der Waals surface area contributed by atoms with Crippen LogP contribution in [0.1, 0.15) is 15.9 Å². The number of carbonyl (C=O) groups excluding carboxylic acids is 3. The number of hydrogen-bond acceptors (Lipinski definition) is 5. The van der Waals surface area contributed by atoms with Crippen LogP contribution in [0.2, 0.25) is 0 Å². The molecule has 0 saturated carbocycles. The van der Waals surface area contributed by atoms with E-state index in [0.717, 1.165) is 0 Å². The van der Waals surface area contributed by atoms with Crippen LogP contribution in [0.15, 0.2) is 66.7 Å². The molecule has 2 fully saturated rings. The highest BCUT2D eigenvalue weighted by molar-refractivity contribution is 6.24. The van der Waals surface area contributed by atoms with Crippen LogP contribution >= 0.6 is 0 Å². The van der Waals surface area contributed by atoms with Crippen LogP contribution in [0.4, 0.5) is 5.69 Å². The Labute approximate surface area is 172 Å². The van der Waals surface area contributed by atoms with Crippen molar-refractivity contribution in [2.45, 2.75) is 18.6 Å². The van der Waals surface area contributed by atoms with Crippen molar-refractivity contribution in [3.8, 4) is 0 Å². The van der Waals surface area contributed by atoms with Crippen LogP contribution in [0.3, 0.4) is 0 Å². The smallest absolute Gasteiger partial charge is 0.335 e. The van der Waals surface area contributed by atoms with E-state index in [-0.39, 0.29) is 29.7 Å². The third kappa shape index (κ3) is 2.63. The molecule has 0 aromatic heterocycles. The Morgan fingerprint density at radius 2 is 1.67 bits per heavy atom. The predicted octanol–water partition coefficient (Wildman–Crippen LogP) is 1.88. The highest BCUT2D eigenvalue weighted by atomic mass is 16.4. The zero-order chi connectivity index (χ0) is 21.0. The normalized spacial score (nSPS) is 27.6. The molecule has 0 aliphatic carbocycles. The molecule has 0 radical (unpaired) electrons. The zero-order valence-electron chi connectivity index (χ0n) is 15.8. The minimum absolute atomic E-state index is 0.154. The monoisotopic (exact) mass is 402 g/mol. The van der Waals surface area contributed by atoms with Gasteiger partial charge in [-0.2, -0.15) is 0 Å². The zero-order valence-corrected chi connectivity index (χ0v) is 15.8. The predicted molar refractivity (Wildman–Crippen MR) is 107 cm³/mol. The van der Waals surface area contributed by atoms with Crippen molar-refractivity contribution in [1.82, 2.24) is 4.90 Å². The Balaban J connectivity index is 1.50. The van der Waals surface area contributed by atoms with E-state index in [4.69, 9.17) is 0 Å². The third-order valence-electron chi connectivity index (χ3n) is 6.15. The molecule has 150 valence electrons. The fourth-order valence-corrected chi connectivity index (χ4v) is 4.91. The molecule has 1 N–H and O–H groups in total. The van der Waals surface area contributed by atoms with Crippen LogP contribution < -0.4 is 4.90 Å². The number of para-hydroxylation sites is 1. The Hall–Kier alpha value is -3.58. The second-order valence-corrected chi connectivity index (χ2v) is 7.77.